The lowest BCUT2D eigenvalue weighted by atomic mass is 10.2. The van der Waals surface area contributed by atoms with Crippen LogP contribution in [0.1, 0.15) is 26.2 Å². The topological polar surface area (TPSA) is 37.3 Å². The van der Waals surface area contributed by atoms with Gasteiger partial charge in [-0.05, 0) is 18.6 Å². The number of allylic oxidation sites excluding steroid dienone is 9. The molecule has 0 amide bonds. The minimum absolute atomic E-state index is 0.225. The summed E-state index contributed by atoms with van der Waals surface area (Å²) < 4.78 is 0. The molecule has 0 aliphatic carbocycles. The van der Waals surface area contributed by atoms with Gasteiger partial charge in [-0.25, -0.2) is 4.79 Å². The first-order valence-corrected chi connectivity index (χ1v) is 6.45. The van der Waals surface area contributed by atoms with Crippen molar-refractivity contribution in [3.63, 3.8) is 0 Å². The summed E-state index contributed by atoms with van der Waals surface area (Å²) >= 11 is 0. The van der Waals surface area contributed by atoms with E-state index in [2.05, 4.69) is 19.6 Å². The summed E-state index contributed by atoms with van der Waals surface area (Å²) in [7, 11) is 0. The molecular formula is C17H22O2. The Morgan fingerprint density at radius 3 is 2.42 bits per heavy atom. The second-order valence-corrected chi connectivity index (χ2v) is 3.86. The summed E-state index contributed by atoms with van der Waals surface area (Å²) in [5, 5.41) is 8.91. The first-order chi connectivity index (χ1) is 9.22. The van der Waals surface area contributed by atoms with Gasteiger partial charge in [-0.2, -0.15) is 0 Å². The molecule has 0 aromatic heterocycles. The number of hydrogen-bond donors (Lipinski definition) is 1. The highest BCUT2D eigenvalue weighted by atomic mass is 16.4. The maximum atomic E-state index is 10.9. The van der Waals surface area contributed by atoms with E-state index < -0.39 is 5.97 Å². The molecular weight excluding hydrogens is 236 g/mol. The van der Waals surface area contributed by atoms with E-state index in [1.807, 2.05) is 18.2 Å². The van der Waals surface area contributed by atoms with Crippen LogP contribution in [-0.2, 0) is 4.79 Å². The van der Waals surface area contributed by atoms with Gasteiger partial charge in [0.05, 0.1) is 5.57 Å². The lowest BCUT2D eigenvalue weighted by molar-refractivity contribution is -0.132. The third-order valence-electron chi connectivity index (χ3n) is 2.24. The van der Waals surface area contributed by atoms with E-state index in [0.717, 1.165) is 6.42 Å². The fraction of sp³-hybridized carbons (Fsp3) is 0.235. The van der Waals surface area contributed by atoms with Gasteiger partial charge < -0.3 is 5.11 Å². The number of hydrogen-bond acceptors (Lipinski definition) is 1. The Morgan fingerprint density at radius 1 is 1.11 bits per heavy atom. The predicted molar refractivity (Wildman–Crippen MR) is 82.0 cm³/mol. The Kier molecular flexibility index (Phi) is 11.0. The molecule has 2 nitrogen and oxygen atoms in total. The van der Waals surface area contributed by atoms with E-state index in [4.69, 9.17) is 5.11 Å². The highest BCUT2D eigenvalue weighted by Crippen LogP contribution is 1.99. The summed E-state index contributed by atoms with van der Waals surface area (Å²) in [6.07, 6.45) is 21.1. The maximum Gasteiger partial charge on any atom is 0.335 e. The molecule has 0 aliphatic heterocycles. The minimum Gasteiger partial charge on any atom is -0.478 e. The molecule has 0 spiro atoms. The molecule has 0 saturated heterocycles. The SMILES string of the molecule is C=CC=CC(=CC=CC=CC=CCCCC)C(=O)O. The van der Waals surface area contributed by atoms with E-state index in [0.29, 0.717) is 0 Å². The molecule has 0 fully saturated rings. The fourth-order valence-corrected chi connectivity index (χ4v) is 1.22. The van der Waals surface area contributed by atoms with Crippen molar-refractivity contribution in [2.45, 2.75) is 26.2 Å². The third-order valence-corrected chi connectivity index (χ3v) is 2.24. The second kappa shape index (κ2) is 12.4. The van der Waals surface area contributed by atoms with Gasteiger partial charge >= 0.3 is 5.97 Å². The predicted octanol–water partition coefficient (Wildman–Crippen LogP) is 4.60. The van der Waals surface area contributed by atoms with E-state index in [-0.39, 0.29) is 5.57 Å². The molecule has 0 aromatic rings. The van der Waals surface area contributed by atoms with Crippen LogP contribution in [0.5, 0.6) is 0 Å². The maximum absolute atomic E-state index is 10.9. The average Bonchev–Trinajstić information content (AvgIpc) is 2.39. The van der Waals surface area contributed by atoms with Crippen LogP contribution in [0.3, 0.4) is 0 Å². The van der Waals surface area contributed by atoms with Crippen LogP contribution in [-0.4, -0.2) is 11.1 Å². The average molecular weight is 258 g/mol. The molecule has 1 N–H and O–H groups in total. The van der Waals surface area contributed by atoms with Crippen LogP contribution in [0.4, 0.5) is 0 Å². The Labute approximate surface area is 115 Å². The van der Waals surface area contributed by atoms with Crippen LogP contribution < -0.4 is 0 Å². The van der Waals surface area contributed by atoms with Gasteiger partial charge in [0.1, 0.15) is 0 Å². The van der Waals surface area contributed by atoms with Crippen LogP contribution in [0.2, 0.25) is 0 Å². The number of aliphatic carboxylic acids is 1. The monoisotopic (exact) mass is 258 g/mol. The van der Waals surface area contributed by atoms with Crippen molar-refractivity contribution in [1.82, 2.24) is 0 Å². The van der Waals surface area contributed by atoms with Crippen LogP contribution in [0, 0.1) is 0 Å². The molecule has 0 aromatic carbocycles. The van der Waals surface area contributed by atoms with Crippen molar-refractivity contribution in [2.24, 2.45) is 0 Å². The molecule has 102 valence electrons. The van der Waals surface area contributed by atoms with Crippen molar-refractivity contribution in [3.8, 4) is 0 Å². The van der Waals surface area contributed by atoms with Crippen molar-refractivity contribution >= 4 is 5.97 Å². The van der Waals surface area contributed by atoms with E-state index >= 15 is 0 Å². The first kappa shape index (κ1) is 16.9. The lowest BCUT2D eigenvalue weighted by Crippen LogP contribution is -1.96. The zero-order valence-electron chi connectivity index (χ0n) is 11.5. The van der Waals surface area contributed by atoms with Crippen LogP contribution in [0.25, 0.3) is 0 Å². The molecule has 0 rings (SSSR count). The largest absolute Gasteiger partial charge is 0.478 e. The van der Waals surface area contributed by atoms with Gasteiger partial charge in [-0.3, -0.25) is 0 Å². The van der Waals surface area contributed by atoms with Crippen LogP contribution in [0.15, 0.2) is 72.9 Å². The summed E-state index contributed by atoms with van der Waals surface area (Å²) in [5.74, 6) is -0.953. The van der Waals surface area contributed by atoms with Gasteiger partial charge in [0.25, 0.3) is 0 Å². The lowest BCUT2D eigenvalue weighted by Gasteiger charge is -1.90. The van der Waals surface area contributed by atoms with Crippen molar-refractivity contribution in [1.29, 1.82) is 0 Å². The summed E-state index contributed by atoms with van der Waals surface area (Å²) in [6, 6.07) is 0. The Morgan fingerprint density at radius 2 is 1.79 bits per heavy atom. The minimum atomic E-state index is -0.953. The Balaban J connectivity index is 4.26. The molecule has 2 heteroatoms. The smallest absolute Gasteiger partial charge is 0.335 e. The Hall–Kier alpha value is -2.09. The zero-order chi connectivity index (χ0) is 14.3. The molecule has 0 bridgehead atoms. The third kappa shape index (κ3) is 10.8. The standard InChI is InChI=1S/C17H22O2/c1-3-5-7-8-9-10-11-12-13-15-16(17(18)19)14-6-4-2/h4,6,8-15H,2-3,5,7H2,1H3,(H,18,19). The van der Waals surface area contributed by atoms with Crippen molar-refractivity contribution in [3.05, 3.63) is 72.9 Å². The number of carboxylic acid groups (broad SMARTS) is 1. The van der Waals surface area contributed by atoms with Crippen LogP contribution >= 0.6 is 0 Å². The number of rotatable bonds is 9. The number of unbranched alkanes of at least 4 members (excludes halogenated alkanes) is 2. The zero-order valence-corrected chi connectivity index (χ0v) is 11.5. The molecule has 0 unspecified atom stereocenters. The van der Waals surface area contributed by atoms with Gasteiger partial charge in [0.15, 0.2) is 0 Å². The molecule has 0 saturated carbocycles. The Bertz CT molecular complexity index is 407. The number of carbonyl (C=O) groups is 1. The van der Waals surface area contributed by atoms with Gasteiger partial charge in [-0.1, -0.05) is 75.0 Å². The van der Waals surface area contributed by atoms with E-state index in [9.17, 15) is 4.79 Å². The quantitative estimate of drug-likeness (QED) is 0.373. The van der Waals surface area contributed by atoms with E-state index in [1.54, 1.807) is 30.4 Å². The van der Waals surface area contributed by atoms with Gasteiger partial charge in [0, 0.05) is 0 Å². The normalized spacial score (nSPS) is 13.2. The van der Waals surface area contributed by atoms with Gasteiger partial charge in [0.2, 0.25) is 0 Å². The highest BCUT2D eigenvalue weighted by molar-refractivity contribution is 5.90. The fourth-order valence-electron chi connectivity index (χ4n) is 1.22. The first-order valence-electron chi connectivity index (χ1n) is 6.45. The van der Waals surface area contributed by atoms with Crippen molar-refractivity contribution < 1.29 is 9.90 Å². The second-order valence-electron chi connectivity index (χ2n) is 3.86. The van der Waals surface area contributed by atoms with Gasteiger partial charge in [-0.15, -0.1) is 0 Å². The van der Waals surface area contributed by atoms with E-state index in [1.165, 1.54) is 18.9 Å². The number of carboxylic acids is 1. The molecule has 19 heavy (non-hydrogen) atoms. The molecule has 0 aliphatic rings. The molecule has 0 radical (unpaired) electrons. The highest BCUT2D eigenvalue weighted by Gasteiger charge is 1.99. The summed E-state index contributed by atoms with van der Waals surface area (Å²) in [5.41, 5.74) is 0.225. The summed E-state index contributed by atoms with van der Waals surface area (Å²) in [6.45, 7) is 5.67. The van der Waals surface area contributed by atoms with Crippen molar-refractivity contribution in [2.75, 3.05) is 0 Å². The molecule has 0 atom stereocenters. The molecule has 0 heterocycles. The summed E-state index contributed by atoms with van der Waals surface area (Å²) in [4.78, 5) is 10.9.